The first-order valence-electron chi connectivity index (χ1n) is 4.74. The van der Waals surface area contributed by atoms with E-state index in [9.17, 15) is 5.21 Å². The zero-order valence-electron chi connectivity index (χ0n) is 9.26. The third-order valence-electron chi connectivity index (χ3n) is 2.82. The van der Waals surface area contributed by atoms with Crippen molar-refractivity contribution in [1.82, 2.24) is 5.06 Å². The molecule has 0 bridgehead atoms. The van der Waals surface area contributed by atoms with Crippen molar-refractivity contribution in [3.05, 3.63) is 0 Å². The molecule has 1 rings (SSSR count). The van der Waals surface area contributed by atoms with Crippen molar-refractivity contribution in [2.24, 2.45) is 10.8 Å². The molecule has 13 heavy (non-hydrogen) atoms. The molecule has 1 aliphatic heterocycles. The fraction of sp³-hybridized carbons (Fsp3) is 1.00. The van der Waals surface area contributed by atoms with Gasteiger partial charge in [-0.1, -0.05) is 27.7 Å². The zero-order chi connectivity index (χ0) is 10.3. The minimum atomic E-state index is -0.0573. The number of methoxy groups -OCH3 is 1. The molecule has 0 saturated carbocycles. The normalized spacial score (nSPS) is 29.1. The number of nitrogens with zero attached hydrogens (tertiary/aromatic N) is 1. The highest BCUT2D eigenvalue weighted by molar-refractivity contribution is 4.96. The molecular formula is C10H20NO2. The molecule has 0 spiro atoms. The first-order chi connectivity index (χ1) is 5.79. The second-order valence-electron chi connectivity index (χ2n) is 5.39. The minimum Gasteiger partial charge on any atom is -0.380 e. The van der Waals surface area contributed by atoms with Crippen LogP contribution in [-0.4, -0.2) is 31.4 Å². The lowest BCUT2D eigenvalue weighted by molar-refractivity contribution is -0.250. The van der Waals surface area contributed by atoms with E-state index in [-0.39, 0.29) is 16.9 Å². The smallest absolute Gasteiger partial charge is 0.0699 e. The van der Waals surface area contributed by atoms with E-state index in [4.69, 9.17) is 4.74 Å². The Balaban J connectivity index is 2.88. The van der Waals surface area contributed by atoms with Crippen LogP contribution in [0.15, 0.2) is 0 Å². The van der Waals surface area contributed by atoms with Gasteiger partial charge in [0, 0.05) is 31.0 Å². The Hall–Kier alpha value is -0.120. The summed E-state index contributed by atoms with van der Waals surface area (Å²) in [5.41, 5.74) is -0.115. The Labute approximate surface area is 80.6 Å². The SMILES string of the molecule is COC1C(C)(C)CN([O])CC1(C)C. The fourth-order valence-electron chi connectivity index (χ4n) is 2.83. The summed E-state index contributed by atoms with van der Waals surface area (Å²) >= 11 is 0. The van der Waals surface area contributed by atoms with Crippen molar-refractivity contribution in [2.45, 2.75) is 33.8 Å². The molecule has 0 unspecified atom stereocenters. The molecular weight excluding hydrogens is 166 g/mol. The summed E-state index contributed by atoms with van der Waals surface area (Å²) < 4.78 is 5.50. The Morgan fingerprint density at radius 1 is 1.15 bits per heavy atom. The van der Waals surface area contributed by atoms with E-state index in [0.29, 0.717) is 13.1 Å². The molecule has 1 heterocycles. The zero-order valence-corrected chi connectivity index (χ0v) is 9.26. The highest BCUT2D eigenvalue weighted by atomic mass is 16.5. The summed E-state index contributed by atoms with van der Waals surface area (Å²) in [5, 5.41) is 12.6. The molecule has 1 saturated heterocycles. The van der Waals surface area contributed by atoms with Gasteiger partial charge in [0.1, 0.15) is 0 Å². The molecule has 1 radical (unpaired) electrons. The van der Waals surface area contributed by atoms with Gasteiger partial charge in [-0.25, -0.2) is 0 Å². The molecule has 0 N–H and O–H groups in total. The van der Waals surface area contributed by atoms with Gasteiger partial charge in [0.15, 0.2) is 0 Å². The topological polar surface area (TPSA) is 32.4 Å². The molecule has 1 aliphatic rings. The van der Waals surface area contributed by atoms with E-state index in [2.05, 4.69) is 27.7 Å². The molecule has 3 heteroatoms. The third kappa shape index (κ3) is 2.03. The van der Waals surface area contributed by atoms with Crippen molar-refractivity contribution in [3.63, 3.8) is 0 Å². The maximum atomic E-state index is 11.4. The van der Waals surface area contributed by atoms with Crippen LogP contribution >= 0.6 is 0 Å². The van der Waals surface area contributed by atoms with Crippen molar-refractivity contribution in [3.8, 4) is 0 Å². The lowest BCUT2D eigenvalue weighted by Crippen LogP contribution is -2.57. The predicted molar refractivity (Wildman–Crippen MR) is 50.6 cm³/mol. The van der Waals surface area contributed by atoms with E-state index in [1.165, 1.54) is 0 Å². The maximum Gasteiger partial charge on any atom is 0.0699 e. The summed E-state index contributed by atoms with van der Waals surface area (Å²) in [5.74, 6) is 0. The van der Waals surface area contributed by atoms with Crippen LogP contribution in [0.25, 0.3) is 0 Å². The van der Waals surface area contributed by atoms with Crippen molar-refractivity contribution >= 4 is 0 Å². The van der Waals surface area contributed by atoms with Gasteiger partial charge in [0.05, 0.1) is 6.10 Å². The number of hydroxylamine groups is 2. The van der Waals surface area contributed by atoms with Gasteiger partial charge in [-0.2, -0.15) is 5.06 Å². The average Bonchev–Trinajstić information content (AvgIpc) is 1.79. The van der Waals surface area contributed by atoms with Gasteiger partial charge in [-0.3, -0.25) is 0 Å². The molecule has 1 fully saturated rings. The Morgan fingerprint density at radius 3 is 1.85 bits per heavy atom. The molecule has 0 amide bonds. The molecule has 0 atom stereocenters. The first kappa shape index (κ1) is 11.0. The van der Waals surface area contributed by atoms with Crippen LogP contribution < -0.4 is 0 Å². The molecule has 0 aromatic carbocycles. The van der Waals surface area contributed by atoms with Crippen LogP contribution in [0.4, 0.5) is 0 Å². The van der Waals surface area contributed by atoms with Gasteiger partial charge in [-0.15, -0.1) is 5.21 Å². The quantitative estimate of drug-likeness (QED) is 0.624. The van der Waals surface area contributed by atoms with Crippen LogP contribution in [0.1, 0.15) is 27.7 Å². The van der Waals surface area contributed by atoms with Crippen LogP contribution in [0.3, 0.4) is 0 Å². The van der Waals surface area contributed by atoms with Gasteiger partial charge in [-0.05, 0) is 0 Å². The summed E-state index contributed by atoms with van der Waals surface area (Å²) in [6, 6.07) is 0. The second kappa shape index (κ2) is 3.23. The Kier molecular flexibility index (Phi) is 2.72. The van der Waals surface area contributed by atoms with E-state index in [1.807, 2.05) is 0 Å². The number of rotatable bonds is 1. The Morgan fingerprint density at radius 2 is 1.54 bits per heavy atom. The first-order valence-corrected chi connectivity index (χ1v) is 4.74. The Bertz CT molecular complexity index is 171. The summed E-state index contributed by atoms with van der Waals surface area (Å²) in [7, 11) is 1.73. The van der Waals surface area contributed by atoms with E-state index in [1.54, 1.807) is 7.11 Å². The van der Waals surface area contributed by atoms with Crippen LogP contribution in [-0.2, 0) is 9.94 Å². The monoisotopic (exact) mass is 186 g/mol. The van der Waals surface area contributed by atoms with Crippen molar-refractivity contribution < 1.29 is 9.94 Å². The van der Waals surface area contributed by atoms with E-state index >= 15 is 0 Å². The second-order valence-corrected chi connectivity index (χ2v) is 5.39. The largest absolute Gasteiger partial charge is 0.380 e. The number of piperidine rings is 1. The summed E-state index contributed by atoms with van der Waals surface area (Å²) in [6.45, 7) is 9.49. The van der Waals surface area contributed by atoms with Gasteiger partial charge in [0.25, 0.3) is 0 Å². The molecule has 3 nitrogen and oxygen atoms in total. The summed E-state index contributed by atoms with van der Waals surface area (Å²) in [6.07, 6.45) is 0.158. The molecule has 0 aromatic heterocycles. The molecule has 0 aromatic rings. The highest BCUT2D eigenvalue weighted by Gasteiger charge is 2.47. The lowest BCUT2D eigenvalue weighted by Gasteiger charge is -2.49. The lowest BCUT2D eigenvalue weighted by atomic mass is 9.69. The van der Waals surface area contributed by atoms with Gasteiger partial charge in [0.2, 0.25) is 0 Å². The molecule has 77 valence electrons. The fourth-order valence-corrected chi connectivity index (χ4v) is 2.83. The third-order valence-corrected chi connectivity index (χ3v) is 2.82. The van der Waals surface area contributed by atoms with Gasteiger partial charge < -0.3 is 4.74 Å². The average molecular weight is 186 g/mol. The van der Waals surface area contributed by atoms with E-state index < -0.39 is 0 Å². The van der Waals surface area contributed by atoms with Crippen LogP contribution in [0.2, 0.25) is 0 Å². The molecule has 0 aliphatic carbocycles. The van der Waals surface area contributed by atoms with E-state index in [0.717, 1.165) is 5.06 Å². The number of hydrogen-bond donors (Lipinski definition) is 0. The minimum absolute atomic E-state index is 0.0573. The number of ether oxygens (including phenoxy) is 1. The predicted octanol–water partition coefficient (Wildman–Crippen LogP) is 1.71. The van der Waals surface area contributed by atoms with Crippen LogP contribution in [0.5, 0.6) is 0 Å². The van der Waals surface area contributed by atoms with Gasteiger partial charge >= 0.3 is 0 Å². The highest BCUT2D eigenvalue weighted by Crippen LogP contribution is 2.41. The van der Waals surface area contributed by atoms with Crippen LogP contribution in [0, 0.1) is 10.8 Å². The van der Waals surface area contributed by atoms with Crippen molar-refractivity contribution in [2.75, 3.05) is 20.2 Å². The summed E-state index contributed by atoms with van der Waals surface area (Å²) in [4.78, 5) is 0. The maximum absolute atomic E-state index is 11.4. The number of hydrogen-bond acceptors (Lipinski definition) is 2. The standard InChI is InChI=1S/C10H20NO2/c1-9(2)6-11(12)7-10(3,4)8(9)13-5/h8H,6-7H2,1-5H3. The van der Waals surface area contributed by atoms with Crippen molar-refractivity contribution in [1.29, 1.82) is 0 Å².